The second kappa shape index (κ2) is 11.1. The first-order chi connectivity index (χ1) is 18.4. The highest BCUT2D eigenvalue weighted by Gasteiger charge is 2.23. The molecule has 1 atom stereocenters. The highest BCUT2D eigenvalue weighted by molar-refractivity contribution is 7.20. The Balaban J connectivity index is 1.35. The normalized spacial score (nSPS) is 11.8. The Morgan fingerprint density at radius 3 is 2.32 bits per heavy atom. The first-order valence-corrected chi connectivity index (χ1v) is 13.2. The van der Waals surface area contributed by atoms with E-state index >= 15 is 0 Å². The summed E-state index contributed by atoms with van der Waals surface area (Å²) in [6.45, 7) is 0. The summed E-state index contributed by atoms with van der Waals surface area (Å²) in [6, 6.07) is 28.8. The number of rotatable bonds is 8. The van der Waals surface area contributed by atoms with E-state index in [9.17, 15) is 19.8 Å². The molecular weight excluding hydrogens is 518 g/mol. The van der Waals surface area contributed by atoms with E-state index in [4.69, 9.17) is 11.6 Å². The van der Waals surface area contributed by atoms with Crippen LogP contribution < -0.4 is 5.32 Å². The third kappa shape index (κ3) is 5.88. The van der Waals surface area contributed by atoms with Crippen LogP contribution in [0.15, 0.2) is 97.1 Å². The third-order valence-electron chi connectivity index (χ3n) is 6.37. The van der Waals surface area contributed by atoms with E-state index in [1.165, 1.54) is 17.4 Å². The number of carboxylic acids is 1. The average Bonchev–Trinajstić information content (AvgIpc) is 3.34. The van der Waals surface area contributed by atoms with Crippen molar-refractivity contribution in [3.63, 3.8) is 0 Å². The summed E-state index contributed by atoms with van der Waals surface area (Å²) in [6.07, 6.45) is 0.631. The summed E-state index contributed by atoms with van der Waals surface area (Å²) in [5.41, 5.74) is 4.62. The van der Waals surface area contributed by atoms with E-state index in [-0.39, 0.29) is 12.2 Å². The van der Waals surface area contributed by atoms with Crippen molar-refractivity contribution >= 4 is 44.9 Å². The van der Waals surface area contributed by atoms with E-state index in [0.717, 1.165) is 37.9 Å². The Labute approximate surface area is 229 Å². The Morgan fingerprint density at radius 2 is 1.58 bits per heavy atom. The fraction of sp³-hybridized carbons (Fsp3) is 0.0968. The third-order valence-corrected chi connectivity index (χ3v) is 7.74. The standard InChI is InChI=1S/C31H24ClNO4S/c32-25-10-6-20(7-11-25)21-9-13-28-24(15-21)18-29(38-28)30(35)33-27(31(36)37)17-22-8-12-26(34)16-23(22)14-19-4-2-1-3-5-19/h1-13,15-16,18,27,34H,14,17H2,(H,33,35)(H,36,37)/t27-/m0/s1. The minimum Gasteiger partial charge on any atom is -0.508 e. The number of carbonyl (C=O) groups is 2. The molecule has 1 amide bonds. The molecule has 0 fully saturated rings. The van der Waals surface area contributed by atoms with Crippen LogP contribution in [0, 0.1) is 0 Å². The van der Waals surface area contributed by atoms with E-state index in [1.807, 2.05) is 72.8 Å². The van der Waals surface area contributed by atoms with Gasteiger partial charge in [0.25, 0.3) is 5.91 Å². The molecule has 5 aromatic rings. The van der Waals surface area contributed by atoms with Gasteiger partial charge in [0.15, 0.2) is 0 Å². The SMILES string of the molecule is O=C(N[C@@H](Cc1ccc(O)cc1Cc1ccccc1)C(=O)O)c1cc2cc(-c3ccc(Cl)cc3)ccc2s1. The number of carboxylic acid groups (broad SMARTS) is 1. The zero-order valence-electron chi connectivity index (χ0n) is 20.2. The molecule has 4 aromatic carbocycles. The maximum atomic E-state index is 13.1. The number of phenolic OH excluding ortho intramolecular Hbond substituents is 1. The van der Waals surface area contributed by atoms with Gasteiger partial charge in [-0.3, -0.25) is 4.79 Å². The first kappa shape index (κ1) is 25.5. The number of halogens is 1. The van der Waals surface area contributed by atoms with Gasteiger partial charge in [0.05, 0.1) is 4.88 Å². The quantitative estimate of drug-likeness (QED) is 0.198. The van der Waals surface area contributed by atoms with Crippen molar-refractivity contribution in [2.75, 3.05) is 0 Å². The van der Waals surface area contributed by atoms with Gasteiger partial charge in [-0.2, -0.15) is 0 Å². The van der Waals surface area contributed by atoms with Crippen LogP contribution in [-0.2, 0) is 17.6 Å². The summed E-state index contributed by atoms with van der Waals surface area (Å²) < 4.78 is 0.934. The summed E-state index contributed by atoms with van der Waals surface area (Å²) in [7, 11) is 0. The van der Waals surface area contributed by atoms with Gasteiger partial charge in [0.1, 0.15) is 11.8 Å². The molecule has 5 nitrogen and oxygen atoms in total. The van der Waals surface area contributed by atoms with Gasteiger partial charge in [-0.1, -0.05) is 66.2 Å². The van der Waals surface area contributed by atoms with Crippen LogP contribution in [0.25, 0.3) is 21.2 Å². The number of hydrogen-bond donors (Lipinski definition) is 3. The van der Waals surface area contributed by atoms with Crippen molar-refractivity contribution in [1.29, 1.82) is 0 Å². The van der Waals surface area contributed by atoms with Gasteiger partial charge in [-0.05, 0) is 82.1 Å². The van der Waals surface area contributed by atoms with E-state index in [0.29, 0.717) is 16.3 Å². The number of benzene rings is 4. The van der Waals surface area contributed by atoms with Gasteiger partial charge < -0.3 is 15.5 Å². The zero-order valence-corrected chi connectivity index (χ0v) is 21.8. The lowest BCUT2D eigenvalue weighted by Crippen LogP contribution is -2.42. The molecule has 3 N–H and O–H groups in total. The number of carbonyl (C=O) groups excluding carboxylic acids is 1. The Morgan fingerprint density at radius 1 is 0.842 bits per heavy atom. The van der Waals surface area contributed by atoms with Crippen LogP contribution in [0.1, 0.15) is 26.4 Å². The predicted octanol–water partition coefficient (Wildman–Crippen LogP) is 6.94. The predicted molar refractivity (Wildman–Crippen MR) is 152 cm³/mol. The molecule has 7 heteroatoms. The minimum atomic E-state index is -1.13. The monoisotopic (exact) mass is 541 g/mol. The van der Waals surface area contributed by atoms with Gasteiger partial charge in [-0.15, -0.1) is 11.3 Å². The lowest BCUT2D eigenvalue weighted by molar-refractivity contribution is -0.139. The molecule has 190 valence electrons. The average molecular weight is 542 g/mol. The lowest BCUT2D eigenvalue weighted by Gasteiger charge is -2.17. The molecule has 0 bridgehead atoms. The Bertz CT molecular complexity index is 1610. The fourth-order valence-electron chi connectivity index (χ4n) is 4.42. The van der Waals surface area contributed by atoms with Gasteiger partial charge in [0.2, 0.25) is 0 Å². The Hall–Kier alpha value is -4.13. The summed E-state index contributed by atoms with van der Waals surface area (Å²) in [4.78, 5) is 25.7. The van der Waals surface area contributed by atoms with Crippen LogP contribution in [-0.4, -0.2) is 28.1 Å². The largest absolute Gasteiger partial charge is 0.508 e. The smallest absolute Gasteiger partial charge is 0.326 e. The summed E-state index contributed by atoms with van der Waals surface area (Å²) >= 11 is 7.32. The maximum Gasteiger partial charge on any atom is 0.326 e. The van der Waals surface area contributed by atoms with Crippen molar-refractivity contribution < 1.29 is 19.8 Å². The first-order valence-electron chi connectivity index (χ1n) is 12.0. The topological polar surface area (TPSA) is 86.6 Å². The van der Waals surface area contributed by atoms with Crippen LogP contribution >= 0.6 is 22.9 Å². The molecule has 0 saturated carbocycles. The van der Waals surface area contributed by atoms with Crippen molar-refractivity contribution in [3.05, 3.63) is 124 Å². The zero-order chi connectivity index (χ0) is 26.6. The van der Waals surface area contributed by atoms with Crippen LogP contribution in [0.2, 0.25) is 5.02 Å². The van der Waals surface area contributed by atoms with Crippen LogP contribution in [0.4, 0.5) is 0 Å². The van der Waals surface area contributed by atoms with Crippen molar-refractivity contribution in [1.82, 2.24) is 5.32 Å². The number of hydrogen-bond acceptors (Lipinski definition) is 4. The lowest BCUT2D eigenvalue weighted by atomic mass is 9.95. The van der Waals surface area contributed by atoms with Crippen LogP contribution in [0.3, 0.4) is 0 Å². The van der Waals surface area contributed by atoms with E-state index < -0.39 is 17.9 Å². The molecule has 0 aliphatic carbocycles. The highest BCUT2D eigenvalue weighted by atomic mass is 35.5. The van der Waals surface area contributed by atoms with E-state index in [1.54, 1.807) is 18.2 Å². The molecule has 0 spiro atoms. The summed E-state index contributed by atoms with van der Waals surface area (Å²) in [5.74, 6) is -1.45. The number of aromatic hydroxyl groups is 1. The Kier molecular flexibility index (Phi) is 7.45. The number of nitrogens with one attached hydrogen (secondary N) is 1. The molecule has 5 rings (SSSR count). The molecular formula is C31H24ClNO4S. The molecule has 38 heavy (non-hydrogen) atoms. The number of thiophene rings is 1. The second-order valence-electron chi connectivity index (χ2n) is 9.05. The highest BCUT2D eigenvalue weighted by Crippen LogP contribution is 2.31. The molecule has 0 unspecified atom stereocenters. The second-order valence-corrected chi connectivity index (χ2v) is 10.6. The minimum absolute atomic E-state index is 0.0924. The molecule has 0 radical (unpaired) electrons. The molecule has 0 saturated heterocycles. The van der Waals surface area contributed by atoms with E-state index in [2.05, 4.69) is 5.32 Å². The molecule has 1 aromatic heterocycles. The number of amides is 1. The maximum absolute atomic E-state index is 13.1. The number of phenols is 1. The summed E-state index contributed by atoms with van der Waals surface area (Å²) in [5, 5.41) is 24.2. The van der Waals surface area contributed by atoms with Gasteiger partial charge >= 0.3 is 5.97 Å². The van der Waals surface area contributed by atoms with Gasteiger partial charge in [-0.25, -0.2) is 4.79 Å². The molecule has 0 aliphatic heterocycles. The van der Waals surface area contributed by atoms with Crippen molar-refractivity contribution in [2.45, 2.75) is 18.9 Å². The van der Waals surface area contributed by atoms with Crippen molar-refractivity contribution in [2.24, 2.45) is 0 Å². The van der Waals surface area contributed by atoms with Crippen molar-refractivity contribution in [3.8, 4) is 16.9 Å². The molecule has 1 heterocycles. The fourth-order valence-corrected chi connectivity index (χ4v) is 5.49. The van der Waals surface area contributed by atoms with Gasteiger partial charge in [0, 0.05) is 16.1 Å². The number of aliphatic carboxylic acids is 1. The van der Waals surface area contributed by atoms with Crippen LogP contribution in [0.5, 0.6) is 5.75 Å². The number of fused-ring (bicyclic) bond motifs is 1. The molecule has 0 aliphatic rings.